The van der Waals surface area contributed by atoms with E-state index in [2.05, 4.69) is 251 Å². The number of anilines is 6. The molecule has 74 heavy (non-hydrogen) atoms. The zero-order valence-corrected chi connectivity index (χ0v) is 40.7. The summed E-state index contributed by atoms with van der Waals surface area (Å²) in [5, 5.41) is 12.5. The van der Waals surface area contributed by atoms with Crippen LogP contribution in [0.1, 0.15) is 11.1 Å². The molecule has 14 aromatic rings. The van der Waals surface area contributed by atoms with E-state index in [1.165, 1.54) is 165 Å². The molecule has 0 aliphatic carbocycles. The minimum absolute atomic E-state index is 0.0970. The van der Waals surface area contributed by atoms with Crippen LogP contribution in [-0.2, 0) is 0 Å². The first-order valence-corrected chi connectivity index (χ1v) is 26.1. The molecule has 2 aromatic heterocycles. The number of nitrogens with zero attached hydrogens (tertiary/aromatic N) is 4. The van der Waals surface area contributed by atoms with E-state index in [1.807, 2.05) is 0 Å². The van der Waals surface area contributed by atoms with Crippen molar-refractivity contribution in [1.29, 1.82) is 0 Å². The van der Waals surface area contributed by atoms with Crippen molar-refractivity contribution >= 4 is 146 Å². The van der Waals surface area contributed by atoms with E-state index in [-0.39, 0.29) is 13.7 Å². The van der Waals surface area contributed by atoms with Gasteiger partial charge < -0.3 is 18.8 Å². The van der Waals surface area contributed by atoms with Crippen molar-refractivity contribution in [1.82, 2.24) is 8.96 Å². The minimum atomic E-state index is -0.0970. The summed E-state index contributed by atoms with van der Waals surface area (Å²) >= 11 is 0. The molecule has 0 saturated carbocycles. The van der Waals surface area contributed by atoms with Crippen molar-refractivity contribution in [2.45, 2.75) is 13.8 Å². The van der Waals surface area contributed by atoms with Crippen LogP contribution in [0.2, 0.25) is 0 Å². The molecule has 12 aromatic carbocycles. The highest BCUT2D eigenvalue weighted by molar-refractivity contribution is 6.92. The van der Waals surface area contributed by atoms with Crippen LogP contribution in [0.5, 0.6) is 0 Å². The molecule has 0 atom stereocenters. The molecule has 0 fully saturated rings. The van der Waals surface area contributed by atoms with Crippen molar-refractivity contribution < 1.29 is 0 Å². The Labute approximate surface area is 427 Å². The van der Waals surface area contributed by atoms with Crippen molar-refractivity contribution in [2.24, 2.45) is 0 Å². The molecular formula is C68H42B2N4. The Morgan fingerprint density at radius 2 is 0.676 bits per heavy atom. The number of hydrogen-bond donors (Lipinski definition) is 0. The Morgan fingerprint density at radius 3 is 1.09 bits per heavy atom. The van der Waals surface area contributed by atoms with Gasteiger partial charge in [-0.25, -0.2) is 0 Å². The number of rotatable bonds is 2. The quantitative estimate of drug-likeness (QED) is 0.161. The molecule has 4 aliphatic heterocycles. The van der Waals surface area contributed by atoms with E-state index in [0.717, 1.165) is 0 Å². The predicted octanol–water partition coefficient (Wildman–Crippen LogP) is 14.8. The van der Waals surface area contributed by atoms with Gasteiger partial charge in [-0.15, -0.1) is 0 Å². The first kappa shape index (κ1) is 39.4. The van der Waals surface area contributed by atoms with Gasteiger partial charge in [-0.3, -0.25) is 0 Å². The number of hydrogen-bond acceptors (Lipinski definition) is 2. The van der Waals surface area contributed by atoms with E-state index in [4.69, 9.17) is 0 Å². The highest BCUT2D eigenvalue weighted by atomic mass is 15.2. The second-order valence-electron chi connectivity index (χ2n) is 21.3. The maximum absolute atomic E-state index is 2.80. The fourth-order valence-electron chi connectivity index (χ4n) is 14.6. The average Bonchev–Trinajstić information content (AvgIpc) is 4.06. The fraction of sp³-hybridized carbons (Fsp3) is 0.0294. The molecule has 0 radical (unpaired) electrons. The smallest absolute Gasteiger partial charge is 0.333 e. The van der Waals surface area contributed by atoms with Crippen LogP contribution < -0.4 is 31.7 Å². The third kappa shape index (κ3) is 4.82. The molecule has 0 unspecified atom stereocenters. The van der Waals surface area contributed by atoms with Crippen molar-refractivity contribution in [3.8, 4) is 22.3 Å². The molecule has 4 aliphatic rings. The van der Waals surface area contributed by atoms with Crippen molar-refractivity contribution in [2.75, 3.05) is 9.80 Å². The van der Waals surface area contributed by atoms with E-state index in [0.29, 0.717) is 0 Å². The highest BCUT2D eigenvalue weighted by Crippen LogP contribution is 2.52. The highest BCUT2D eigenvalue weighted by Gasteiger charge is 2.48. The van der Waals surface area contributed by atoms with Crippen LogP contribution >= 0.6 is 0 Å². The number of para-hydroxylation sites is 2. The fourth-order valence-corrected chi connectivity index (χ4v) is 14.6. The molecule has 6 heteroatoms. The van der Waals surface area contributed by atoms with Gasteiger partial charge in [-0.05, 0) is 150 Å². The Kier molecular flexibility index (Phi) is 7.36. The Balaban J connectivity index is 0.981. The van der Waals surface area contributed by atoms with E-state index >= 15 is 0 Å². The van der Waals surface area contributed by atoms with Gasteiger partial charge in [0, 0.05) is 67.1 Å². The van der Waals surface area contributed by atoms with Gasteiger partial charge >= 0.3 is 13.7 Å². The van der Waals surface area contributed by atoms with Gasteiger partial charge in [0.1, 0.15) is 0 Å². The normalized spacial score (nSPS) is 13.7. The third-order valence-corrected chi connectivity index (χ3v) is 17.6. The lowest BCUT2D eigenvalue weighted by molar-refractivity contribution is 1.25. The summed E-state index contributed by atoms with van der Waals surface area (Å²) in [4.78, 5) is 5.13. The molecule has 340 valence electrons. The Morgan fingerprint density at radius 1 is 0.297 bits per heavy atom. The van der Waals surface area contributed by atoms with Gasteiger partial charge in [0.05, 0.1) is 11.0 Å². The van der Waals surface area contributed by atoms with E-state index in [9.17, 15) is 0 Å². The van der Waals surface area contributed by atoms with Crippen molar-refractivity contribution in [3.05, 3.63) is 230 Å². The van der Waals surface area contributed by atoms with Crippen LogP contribution in [0.15, 0.2) is 218 Å². The molecule has 6 heterocycles. The average molecular weight is 937 g/mol. The minimum Gasteiger partial charge on any atom is -0.374 e. The molecule has 0 spiro atoms. The zero-order valence-electron chi connectivity index (χ0n) is 40.7. The van der Waals surface area contributed by atoms with Gasteiger partial charge in [0.15, 0.2) is 0 Å². The van der Waals surface area contributed by atoms with Crippen LogP contribution in [0.25, 0.3) is 98.2 Å². The molecule has 0 bridgehead atoms. The summed E-state index contributed by atoms with van der Waals surface area (Å²) in [6.45, 7) is 4.46. The number of aromatic nitrogens is 2. The summed E-state index contributed by atoms with van der Waals surface area (Å²) in [5.41, 5.74) is 25.8. The molecule has 0 amide bonds. The van der Waals surface area contributed by atoms with Crippen LogP contribution in [0.3, 0.4) is 0 Å². The summed E-state index contributed by atoms with van der Waals surface area (Å²) in [5.74, 6) is 0. The van der Waals surface area contributed by atoms with Crippen LogP contribution in [0, 0.1) is 13.8 Å². The monoisotopic (exact) mass is 936 g/mol. The van der Waals surface area contributed by atoms with E-state index < -0.39 is 0 Å². The lowest BCUT2D eigenvalue weighted by Crippen LogP contribution is -2.57. The first-order chi connectivity index (χ1) is 36.6. The van der Waals surface area contributed by atoms with Crippen molar-refractivity contribution in [3.63, 3.8) is 0 Å². The lowest BCUT2D eigenvalue weighted by Gasteiger charge is -2.41. The molecule has 0 N–H and O–H groups in total. The summed E-state index contributed by atoms with van der Waals surface area (Å²) in [6, 6.07) is 83.2. The third-order valence-electron chi connectivity index (χ3n) is 17.6. The maximum Gasteiger partial charge on any atom is 0.333 e. The SMILES string of the molecule is Cc1ccc2c3c1-c1cccc4c1n(c1c5cccc6c5n(c41)B1c4cc5ccccc5cc4N(c4ccc5ccccc5c4)c4ccc(C)c-6c41)B3c1cc3ccccc3cc1N2c1ccc2ccccc2c1. The summed E-state index contributed by atoms with van der Waals surface area (Å²) in [6.07, 6.45) is 0. The second kappa shape index (κ2) is 13.8. The van der Waals surface area contributed by atoms with E-state index in [1.54, 1.807) is 0 Å². The Bertz CT molecular complexity index is 4610. The maximum atomic E-state index is 2.80. The topological polar surface area (TPSA) is 16.3 Å². The molecule has 0 saturated heterocycles. The van der Waals surface area contributed by atoms with Gasteiger partial charge in [-0.1, -0.05) is 170 Å². The predicted molar refractivity (Wildman–Crippen MR) is 316 cm³/mol. The summed E-state index contributed by atoms with van der Waals surface area (Å²) in [7, 11) is 0. The largest absolute Gasteiger partial charge is 0.374 e. The van der Waals surface area contributed by atoms with Crippen LogP contribution in [0.4, 0.5) is 34.1 Å². The first-order valence-electron chi connectivity index (χ1n) is 26.1. The van der Waals surface area contributed by atoms with Gasteiger partial charge in [0.2, 0.25) is 0 Å². The Hall–Kier alpha value is -9.25. The number of aryl methyl sites for hydroxylation is 2. The molecule has 4 nitrogen and oxygen atoms in total. The summed E-state index contributed by atoms with van der Waals surface area (Å²) < 4.78 is 5.60. The molecule has 18 rings (SSSR count). The zero-order chi connectivity index (χ0) is 48.2. The second-order valence-corrected chi connectivity index (χ2v) is 21.3. The number of benzene rings is 12. The number of fused-ring (bicyclic) bond motifs is 17. The standard InChI is InChI=1S/C68H42B2N4/c1-39-25-31-57-63-61(39)51-21-11-23-53-65(51)73(69(63)55-35-45-17-7-9-19-47(45)37-59(55)71(57)49-29-27-41-13-3-5-15-43(41)33-49)68-54-24-12-22-52-62-40(2)26-32-58-64(62)70(74(66(52)54)67(53)68)56-36-46-18-8-10-20-48(46)38-60(56)72(58)50-30-28-42-14-4-6-16-44(42)34-50/h3-38H,1-2H3. The lowest BCUT2D eigenvalue weighted by atomic mass is 9.44. The van der Waals surface area contributed by atoms with Gasteiger partial charge in [0.25, 0.3) is 0 Å². The molecular weight excluding hydrogens is 894 g/mol. The van der Waals surface area contributed by atoms with Crippen LogP contribution in [-0.4, -0.2) is 22.7 Å². The van der Waals surface area contributed by atoms with Gasteiger partial charge in [-0.2, -0.15) is 0 Å².